The number of nitrogens with zero attached hydrogens (tertiary/aromatic N) is 1. The standard InChI is InChI=1S/C15H25N3O2/c1-2-7-18-8-5-13(6-9-18)16-15(20)17-14-4-3-12(10-14)11-19/h2-4,12-14,19H,1,5-11H2,(H2,16,17,20)/t12-,14+/m0/s1. The van der Waals surface area contributed by atoms with Crippen molar-refractivity contribution >= 4 is 6.03 Å². The minimum absolute atomic E-state index is 0.0491. The van der Waals surface area contributed by atoms with E-state index in [0.717, 1.165) is 38.9 Å². The highest BCUT2D eigenvalue weighted by atomic mass is 16.3. The van der Waals surface area contributed by atoms with Crippen LogP contribution in [0.1, 0.15) is 19.3 Å². The fourth-order valence-corrected chi connectivity index (χ4v) is 2.85. The van der Waals surface area contributed by atoms with Gasteiger partial charge in [0, 0.05) is 44.2 Å². The molecule has 2 atom stereocenters. The van der Waals surface area contributed by atoms with Crippen LogP contribution in [0.15, 0.2) is 24.8 Å². The number of carbonyl (C=O) groups is 1. The van der Waals surface area contributed by atoms with Gasteiger partial charge >= 0.3 is 6.03 Å². The molecular weight excluding hydrogens is 254 g/mol. The first-order valence-electron chi connectivity index (χ1n) is 7.40. The van der Waals surface area contributed by atoms with Crippen molar-refractivity contribution < 1.29 is 9.90 Å². The summed E-state index contributed by atoms with van der Waals surface area (Å²) in [5, 5.41) is 15.0. The van der Waals surface area contributed by atoms with E-state index in [0.29, 0.717) is 0 Å². The predicted molar refractivity (Wildman–Crippen MR) is 79.4 cm³/mol. The molecule has 2 rings (SSSR count). The first-order chi connectivity index (χ1) is 9.71. The van der Waals surface area contributed by atoms with Crippen LogP contribution in [0.2, 0.25) is 0 Å². The summed E-state index contributed by atoms with van der Waals surface area (Å²) < 4.78 is 0. The summed E-state index contributed by atoms with van der Waals surface area (Å²) in [7, 11) is 0. The predicted octanol–water partition coefficient (Wildman–Crippen LogP) is 0.873. The Hall–Kier alpha value is -1.33. The number of hydrogen-bond acceptors (Lipinski definition) is 3. The van der Waals surface area contributed by atoms with E-state index < -0.39 is 0 Å². The summed E-state index contributed by atoms with van der Waals surface area (Å²) in [6, 6.07) is 0.212. The van der Waals surface area contributed by atoms with Gasteiger partial charge in [-0.15, -0.1) is 6.58 Å². The second-order valence-electron chi connectivity index (χ2n) is 5.65. The highest BCUT2D eigenvalue weighted by Crippen LogP contribution is 2.17. The molecule has 0 aromatic rings. The molecule has 0 aromatic heterocycles. The van der Waals surface area contributed by atoms with Gasteiger partial charge in [-0.25, -0.2) is 4.79 Å². The molecule has 5 heteroatoms. The Morgan fingerprint density at radius 3 is 2.70 bits per heavy atom. The molecule has 2 aliphatic rings. The average Bonchev–Trinajstić information content (AvgIpc) is 2.89. The number of nitrogens with one attached hydrogen (secondary N) is 2. The number of urea groups is 1. The van der Waals surface area contributed by atoms with Crippen LogP contribution in [0.5, 0.6) is 0 Å². The number of hydrogen-bond donors (Lipinski definition) is 3. The molecule has 0 bridgehead atoms. The second-order valence-corrected chi connectivity index (χ2v) is 5.65. The minimum Gasteiger partial charge on any atom is -0.396 e. The van der Waals surface area contributed by atoms with Crippen molar-refractivity contribution in [3.63, 3.8) is 0 Å². The lowest BCUT2D eigenvalue weighted by Gasteiger charge is -2.31. The second kappa shape index (κ2) is 7.45. The monoisotopic (exact) mass is 279 g/mol. The number of aliphatic hydroxyl groups excluding tert-OH is 1. The summed E-state index contributed by atoms with van der Waals surface area (Å²) in [5.41, 5.74) is 0. The van der Waals surface area contributed by atoms with Crippen LogP contribution in [-0.4, -0.2) is 54.4 Å². The zero-order valence-electron chi connectivity index (χ0n) is 11.9. The van der Waals surface area contributed by atoms with E-state index in [4.69, 9.17) is 5.11 Å². The van der Waals surface area contributed by atoms with Gasteiger partial charge in [-0.05, 0) is 19.3 Å². The van der Waals surface area contributed by atoms with Crippen LogP contribution in [0.4, 0.5) is 4.79 Å². The third kappa shape index (κ3) is 4.35. The van der Waals surface area contributed by atoms with Gasteiger partial charge in [-0.2, -0.15) is 0 Å². The highest BCUT2D eigenvalue weighted by molar-refractivity contribution is 5.74. The van der Waals surface area contributed by atoms with Crippen LogP contribution in [0.3, 0.4) is 0 Å². The molecule has 0 radical (unpaired) electrons. The first-order valence-corrected chi connectivity index (χ1v) is 7.40. The smallest absolute Gasteiger partial charge is 0.315 e. The van der Waals surface area contributed by atoms with E-state index >= 15 is 0 Å². The Bertz CT molecular complexity index is 362. The van der Waals surface area contributed by atoms with Crippen molar-refractivity contribution in [2.75, 3.05) is 26.2 Å². The Balaban J connectivity index is 1.66. The van der Waals surface area contributed by atoms with Crippen molar-refractivity contribution in [2.24, 2.45) is 5.92 Å². The Morgan fingerprint density at radius 2 is 2.10 bits per heavy atom. The van der Waals surface area contributed by atoms with Crippen molar-refractivity contribution in [1.29, 1.82) is 0 Å². The maximum atomic E-state index is 11.9. The van der Waals surface area contributed by atoms with Crippen molar-refractivity contribution in [3.8, 4) is 0 Å². The molecule has 0 aromatic carbocycles. The minimum atomic E-state index is -0.0968. The van der Waals surface area contributed by atoms with Gasteiger partial charge in [0.25, 0.3) is 0 Å². The van der Waals surface area contributed by atoms with E-state index in [-0.39, 0.29) is 30.6 Å². The number of amides is 2. The van der Waals surface area contributed by atoms with E-state index in [1.807, 2.05) is 18.2 Å². The third-order valence-corrected chi connectivity index (χ3v) is 4.03. The SMILES string of the molecule is C=CCN1CCC(NC(=O)N[C@@H]2C=C[C@H](CO)C2)CC1. The fraction of sp³-hybridized carbons (Fsp3) is 0.667. The molecule has 2 amide bonds. The van der Waals surface area contributed by atoms with Crippen molar-refractivity contribution in [1.82, 2.24) is 15.5 Å². The van der Waals surface area contributed by atoms with Crippen molar-refractivity contribution in [3.05, 3.63) is 24.8 Å². The van der Waals surface area contributed by atoms with Gasteiger partial charge in [0.05, 0.1) is 0 Å². The molecule has 1 fully saturated rings. The molecule has 0 saturated carbocycles. The molecule has 1 heterocycles. The van der Waals surface area contributed by atoms with Crippen LogP contribution < -0.4 is 10.6 Å². The maximum Gasteiger partial charge on any atom is 0.315 e. The van der Waals surface area contributed by atoms with E-state index in [9.17, 15) is 4.79 Å². The molecule has 0 spiro atoms. The number of rotatable bonds is 5. The van der Waals surface area contributed by atoms with Crippen LogP contribution >= 0.6 is 0 Å². The highest BCUT2D eigenvalue weighted by Gasteiger charge is 2.23. The average molecular weight is 279 g/mol. The van der Waals surface area contributed by atoms with Gasteiger partial charge in [-0.1, -0.05) is 18.2 Å². The molecule has 20 heavy (non-hydrogen) atoms. The lowest BCUT2D eigenvalue weighted by molar-refractivity contribution is 0.202. The number of piperidine rings is 1. The molecule has 112 valence electrons. The third-order valence-electron chi connectivity index (χ3n) is 4.03. The zero-order valence-corrected chi connectivity index (χ0v) is 11.9. The van der Waals surface area contributed by atoms with Gasteiger partial charge in [0.15, 0.2) is 0 Å². The van der Waals surface area contributed by atoms with Gasteiger partial charge in [0.1, 0.15) is 0 Å². The Morgan fingerprint density at radius 1 is 1.35 bits per heavy atom. The summed E-state index contributed by atoms with van der Waals surface area (Å²) in [6.45, 7) is 6.84. The molecule has 1 saturated heterocycles. The van der Waals surface area contributed by atoms with E-state index in [2.05, 4.69) is 22.1 Å². The molecule has 3 N–H and O–H groups in total. The van der Waals surface area contributed by atoms with Crippen molar-refractivity contribution in [2.45, 2.75) is 31.3 Å². The molecule has 0 unspecified atom stereocenters. The van der Waals surface area contributed by atoms with E-state index in [1.165, 1.54) is 0 Å². The fourth-order valence-electron chi connectivity index (χ4n) is 2.85. The molecule has 1 aliphatic carbocycles. The summed E-state index contributed by atoms with van der Waals surface area (Å²) in [5.74, 6) is 0.183. The van der Waals surface area contributed by atoms with Gasteiger partial charge < -0.3 is 15.7 Å². The number of likely N-dealkylation sites (tertiary alicyclic amines) is 1. The number of aliphatic hydroxyl groups is 1. The summed E-state index contributed by atoms with van der Waals surface area (Å²) in [6.07, 6.45) is 8.63. The molecular formula is C15H25N3O2. The van der Waals surface area contributed by atoms with Gasteiger partial charge in [0.2, 0.25) is 0 Å². The first kappa shape index (κ1) is 15.1. The topological polar surface area (TPSA) is 64.6 Å². The Labute approximate surface area is 120 Å². The summed E-state index contributed by atoms with van der Waals surface area (Å²) >= 11 is 0. The quantitative estimate of drug-likeness (QED) is 0.654. The zero-order chi connectivity index (χ0) is 14.4. The lowest BCUT2D eigenvalue weighted by atomic mass is 10.1. The molecule has 5 nitrogen and oxygen atoms in total. The largest absolute Gasteiger partial charge is 0.396 e. The van der Waals surface area contributed by atoms with Gasteiger partial charge in [-0.3, -0.25) is 4.90 Å². The lowest BCUT2D eigenvalue weighted by Crippen LogP contribution is -2.49. The van der Waals surface area contributed by atoms with Crippen LogP contribution in [0, 0.1) is 5.92 Å². The summed E-state index contributed by atoms with van der Waals surface area (Å²) in [4.78, 5) is 14.3. The van der Waals surface area contributed by atoms with E-state index in [1.54, 1.807) is 0 Å². The van der Waals surface area contributed by atoms with Crippen LogP contribution in [-0.2, 0) is 0 Å². The van der Waals surface area contributed by atoms with Crippen LogP contribution in [0.25, 0.3) is 0 Å². The molecule has 1 aliphatic heterocycles. The maximum absolute atomic E-state index is 11.9. The Kier molecular flexibility index (Phi) is 5.61. The number of carbonyl (C=O) groups excluding carboxylic acids is 1. The normalized spacial score (nSPS) is 27.4.